The molecule has 0 fully saturated rings. The Morgan fingerprint density at radius 1 is 1.12 bits per heavy atom. The fourth-order valence-electron chi connectivity index (χ4n) is 2.20. The van der Waals surface area contributed by atoms with E-state index >= 15 is 0 Å². The molecule has 0 aliphatic carbocycles. The molecule has 0 saturated heterocycles. The topological polar surface area (TPSA) is 63.1 Å². The summed E-state index contributed by atoms with van der Waals surface area (Å²) < 4.78 is 16.7. The minimum atomic E-state index is -1.26. The Morgan fingerprint density at radius 3 is 2.27 bits per heavy atom. The van der Waals surface area contributed by atoms with Crippen LogP contribution in [0, 0.1) is 13.8 Å². The first-order chi connectivity index (χ1) is 12.2. The van der Waals surface area contributed by atoms with Crippen LogP contribution in [0.3, 0.4) is 0 Å². The molecule has 2 rings (SSSR count). The summed E-state index contributed by atoms with van der Waals surface area (Å²) in [5.41, 5.74) is 2.77. The lowest BCUT2D eigenvalue weighted by atomic mass is 10.2. The molecule has 1 heterocycles. The van der Waals surface area contributed by atoms with Gasteiger partial charge in [0.25, 0.3) is 5.56 Å². The Morgan fingerprint density at radius 2 is 1.73 bits per heavy atom. The van der Waals surface area contributed by atoms with Crippen molar-refractivity contribution in [1.29, 1.82) is 0 Å². The van der Waals surface area contributed by atoms with Crippen LogP contribution >= 0.6 is 11.6 Å². The van der Waals surface area contributed by atoms with Crippen molar-refractivity contribution in [3.05, 3.63) is 50.8 Å². The summed E-state index contributed by atoms with van der Waals surface area (Å²) in [6, 6.07) is 7.33. The first-order valence-electron chi connectivity index (χ1n) is 8.61. The Balaban J connectivity index is 0.00000163. The third-order valence-corrected chi connectivity index (χ3v) is 5.20. The highest BCUT2D eigenvalue weighted by Crippen LogP contribution is 2.30. The van der Waals surface area contributed by atoms with Crippen molar-refractivity contribution in [2.75, 3.05) is 10.0 Å². The smallest absolute Gasteiger partial charge is 0.254 e. The third-order valence-electron chi connectivity index (χ3n) is 3.61. The molecule has 0 aliphatic rings. The molecule has 7 heteroatoms. The number of halogens is 1. The molecule has 0 radical (unpaired) electrons. The van der Waals surface area contributed by atoms with Gasteiger partial charge in [-0.05, 0) is 51.5 Å². The second kappa shape index (κ2) is 9.78. The fourth-order valence-corrected chi connectivity index (χ4v) is 3.09. The highest BCUT2D eigenvalue weighted by molar-refractivity contribution is 7.86. The van der Waals surface area contributed by atoms with Gasteiger partial charge in [-0.1, -0.05) is 31.5 Å². The molecule has 2 N–H and O–H groups in total. The van der Waals surface area contributed by atoms with Crippen molar-refractivity contribution in [1.82, 2.24) is 4.57 Å². The minimum Gasteiger partial charge on any atom is -0.339 e. The van der Waals surface area contributed by atoms with Gasteiger partial charge in [0, 0.05) is 17.9 Å². The average molecular weight is 398 g/mol. The normalized spacial score (nSPS) is 11.6. The average Bonchev–Trinajstić information content (AvgIpc) is 2.59. The van der Waals surface area contributed by atoms with Crippen LogP contribution < -0.4 is 15.6 Å². The van der Waals surface area contributed by atoms with Gasteiger partial charge in [0.05, 0.1) is 16.4 Å². The maximum atomic E-state index is 12.3. The minimum absolute atomic E-state index is 0.0571. The molecule has 0 saturated carbocycles. The van der Waals surface area contributed by atoms with Gasteiger partial charge in [0.2, 0.25) is 0 Å². The van der Waals surface area contributed by atoms with Crippen molar-refractivity contribution in [3.63, 3.8) is 0 Å². The molecule has 1 atom stereocenters. The van der Waals surface area contributed by atoms with Crippen molar-refractivity contribution in [3.8, 4) is 0 Å². The Bertz CT molecular complexity index is 847. The molecule has 1 unspecified atom stereocenters. The number of benzene rings is 1. The van der Waals surface area contributed by atoms with Crippen LogP contribution in [0.25, 0.3) is 0 Å². The van der Waals surface area contributed by atoms with Gasteiger partial charge in [-0.3, -0.25) is 9.36 Å². The fraction of sp³-hybridized carbons (Fsp3) is 0.421. The van der Waals surface area contributed by atoms with E-state index < -0.39 is 11.0 Å². The van der Waals surface area contributed by atoms with E-state index in [1.807, 2.05) is 52.8 Å². The van der Waals surface area contributed by atoms with E-state index in [-0.39, 0.29) is 10.8 Å². The van der Waals surface area contributed by atoms with E-state index in [1.165, 1.54) is 4.57 Å². The van der Waals surface area contributed by atoms with E-state index in [0.29, 0.717) is 27.8 Å². The lowest BCUT2D eigenvalue weighted by molar-refractivity contribution is 0.680. The standard InChI is InChI=1S/C17H22ClN3O2S.C2H6/c1-10(2)24(23)20-15-9-12(4)17(22)21(5)16(15)19-14-7-6-11(3)8-13(14)18;1-2/h6-10,19-20H,1-5H3;1-2H3. The number of rotatable bonds is 5. The lowest BCUT2D eigenvalue weighted by Gasteiger charge is -2.19. The van der Waals surface area contributed by atoms with Gasteiger partial charge in [0.15, 0.2) is 0 Å². The summed E-state index contributed by atoms with van der Waals surface area (Å²) in [6.45, 7) is 11.4. The molecule has 5 nitrogen and oxygen atoms in total. The predicted molar refractivity (Wildman–Crippen MR) is 114 cm³/mol. The Kier molecular flexibility index (Phi) is 8.37. The van der Waals surface area contributed by atoms with Crippen LogP contribution in [0.15, 0.2) is 29.1 Å². The number of pyridine rings is 1. The van der Waals surface area contributed by atoms with Gasteiger partial charge in [-0.2, -0.15) is 0 Å². The van der Waals surface area contributed by atoms with E-state index in [0.717, 1.165) is 5.56 Å². The highest BCUT2D eigenvalue weighted by Gasteiger charge is 2.15. The van der Waals surface area contributed by atoms with Crippen molar-refractivity contribution in [2.45, 2.75) is 46.8 Å². The molecule has 1 aromatic heterocycles. The number of aromatic nitrogens is 1. The van der Waals surface area contributed by atoms with Crippen LogP contribution in [-0.2, 0) is 18.0 Å². The van der Waals surface area contributed by atoms with Crippen LogP contribution in [-0.4, -0.2) is 14.0 Å². The second-order valence-corrected chi connectivity index (χ2v) is 8.16. The molecule has 2 aromatic rings. The van der Waals surface area contributed by atoms with E-state index in [2.05, 4.69) is 10.0 Å². The van der Waals surface area contributed by atoms with Crippen molar-refractivity contribution < 1.29 is 4.21 Å². The zero-order valence-corrected chi connectivity index (χ0v) is 18.0. The molecule has 0 bridgehead atoms. The maximum Gasteiger partial charge on any atom is 0.254 e. The molecule has 26 heavy (non-hydrogen) atoms. The first kappa shape index (κ1) is 22.3. The van der Waals surface area contributed by atoms with Gasteiger partial charge < -0.3 is 10.0 Å². The van der Waals surface area contributed by atoms with Crippen molar-refractivity contribution in [2.24, 2.45) is 7.05 Å². The summed E-state index contributed by atoms with van der Waals surface area (Å²) >= 11 is 6.28. The van der Waals surface area contributed by atoms with E-state index in [9.17, 15) is 9.00 Å². The summed E-state index contributed by atoms with van der Waals surface area (Å²) in [5.74, 6) is 0.519. The Labute approximate surface area is 163 Å². The summed E-state index contributed by atoms with van der Waals surface area (Å²) in [4.78, 5) is 12.3. The number of anilines is 3. The quantitative estimate of drug-likeness (QED) is 0.753. The highest BCUT2D eigenvalue weighted by atomic mass is 35.5. The number of aryl methyl sites for hydroxylation is 2. The van der Waals surface area contributed by atoms with E-state index in [4.69, 9.17) is 11.6 Å². The van der Waals surface area contributed by atoms with Gasteiger partial charge in [-0.15, -0.1) is 0 Å². The van der Waals surface area contributed by atoms with Gasteiger partial charge >= 0.3 is 0 Å². The molecular weight excluding hydrogens is 370 g/mol. The number of hydrogen-bond donors (Lipinski definition) is 2. The monoisotopic (exact) mass is 397 g/mol. The molecule has 0 aliphatic heterocycles. The molecule has 144 valence electrons. The number of nitrogens with one attached hydrogen (secondary N) is 2. The third kappa shape index (κ3) is 5.35. The Hall–Kier alpha value is -1.79. The molecule has 0 amide bonds. The molecule has 1 aromatic carbocycles. The van der Waals surface area contributed by atoms with Crippen LogP contribution in [0.1, 0.15) is 38.8 Å². The van der Waals surface area contributed by atoms with Crippen LogP contribution in [0.4, 0.5) is 17.2 Å². The lowest BCUT2D eigenvalue weighted by Crippen LogP contribution is -2.24. The SMILES string of the molecule is CC.Cc1ccc(Nc2c(NS(=O)C(C)C)cc(C)c(=O)n2C)c(Cl)c1. The zero-order chi connectivity index (χ0) is 20.0. The largest absolute Gasteiger partial charge is 0.339 e. The second-order valence-electron chi connectivity index (χ2n) is 6.01. The van der Waals surface area contributed by atoms with Gasteiger partial charge in [-0.25, -0.2) is 4.21 Å². The maximum absolute atomic E-state index is 12.3. The van der Waals surface area contributed by atoms with Gasteiger partial charge in [0.1, 0.15) is 16.8 Å². The first-order valence-corrected chi connectivity index (χ1v) is 10.2. The van der Waals surface area contributed by atoms with Crippen molar-refractivity contribution >= 4 is 39.8 Å². The summed E-state index contributed by atoms with van der Waals surface area (Å²) in [6.07, 6.45) is 0. The van der Waals surface area contributed by atoms with Crippen LogP contribution in [0.5, 0.6) is 0 Å². The molecule has 0 spiro atoms. The van der Waals surface area contributed by atoms with E-state index in [1.54, 1.807) is 20.0 Å². The molecular formula is C19H28ClN3O2S. The van der Waals surface area contributed by atoms with Crippen LogP contribution in [0.2, 0.25) is 5.02 Å². The summed E-state index contributed by atoms with van der Waals surface area (Å²) in [7, 11) is 0.408. The predicted octanol–water partition coefficient (Wildman–Crippen LogP) is 4.91. The zero-order valence-electron chi connectivity index (χ0n) is 16.4. The number of nitrogens with zero attached hydrogens (tertiary/aromatic N) is 1. The number of hydrogen-bond acceptors (Lipinski definition) is 3. The summed E-state index contributed by atoms with van der Waals surface area (Å²) in [5, 5.41) is 3.68.